The van der Waals surface area contributed by atoms with Crippen molar-refractivity contribution in [2.75, 3.05) is 5.32 Å². The maximum Gasteiger partial charge on any atom is 0.329 e. The molecule has 0 unspecified atom stereocenters. The Labute approximate surface area is 169 Å². The van der Waals surface area contributed by atoms with E-state index in [2.05, 4.69) is 10.4 Å². The fraction of sp³-hybridized carbons (Fsp3) is 0.550. The van der Waals surface area contributed by atoms with Crippen LogP contribution >= 0.6 is 0 Å². The molecule has 1 fully saturated rings. The second kappa shape index (κ2) is 7.81. The SMILES string of the molecule is Cc1nn(C)c(C)c1NC(=O)[C@H](C)OC(=O)[C@H](C)N1C(=O)[C@H]2CC=CC[C@H]2C1=O. The topological polar surface area (TPSA) is 111 Å². The van der Waals surface area contributed by atoms with Gasteiger partial charge in [0.05, 0.1) is 28.9 Å². The molecule has 9 nitrogen and oxygen atoms in total. The number of fused-ring (bicyclic) bond motifs is 1. The molecule has 2 aliphatic rings. The third-order valence-electron chi connectivity index (χ3n) is 5.69. The van der Waals surface area contributed by atoms with Crippen molar-refractivity contribution < 1.29 is 23.9 Å². The Bertz CT molecular complexity index is 877. The first-order valence-electron chi connectivity index (χ1n) is 9.67. The van der Waals surface area contributed by atoms with E-state index in [-0.39, 0.29) is 11.8 Å². The molecule has 1 saturated heterocycles. The Balaban J connectivity index is 1.64. The Kier molecular flexibility index (Phi) is 5.59. The summed E-state index contributed by atoms with van der Waals surface area (Å²) < 4.78 is 6.90. The number of imide groups is 1. The largest absolute Gasteiger partial charge is 0.451 e. The zero-order valence-electron chi connectivity index (χ0n) is 17.3. The zero-order chi connectivity index (χ0) is 21.5. The van der Waals surface area contributed by atoms with Crippen LogP contribution in [-0.4, -0.2) is 50.5 Å². The fourth-order valence-electron chi connectivity index (χ4n) is 3.82. The van der Waals surface area contributed by atoms with Crippen molar-refractivity contribution in [3.8, 4) is 0 Å². The molecule has 3 amide bonds. The van der Waals surface area contributed by atoms with E-state index in [9.17, 15) is 19.2 Å². The summed E-state index contributed by atoms with van der Waals surface area (Å²) in [6.07, 6.45) is 3.66. The van der Waals surface area contributed by atoms with Gasteiger partial charge >= 0.3 is 5.97 Å². The number of carbonyl (C=O) groups excluding carboxylic acids is 4. The van der Waals surface area contributed by atoms with E-state index in [1.165, 1.54) is 13.8 Å². The van der Waals surface area contributed by atoms with Gasteiger partial charge in [-0.2, -0.15) is 5.10 Å². The number of allylic oxidation sites excluding steroid dienone is 2. The van der Waals surface area contributed by atoms with E-state index in [1.807, 2.05) is 19.1 Å². The first kappa shape index (κ1) is 20.8. The molecule has 0 saturated carbocycles. The highest BCUT2D eigenvalue weighted by Crippen LogP contribution is 2.36. The summed E-state index contributed by atoms with van der Waals surface area (Å²) in [6, 6.07) is -1.09. The lowest BCUT2D eigenvalue weighted by Crippen LogP contribution is -2.46. The predicted molar refractivity (Wildman–Crippen MR) is 104 cm³/mol. The summed E-state index contributed by atoms with van der Waals surface area (Å²) >= 11 is 0. The summed E-state index contributed by atoms with van der Waals surface area (Å²) in [6.45, 7) is 6.47. The molecule has 0 bridgehead atoms. The van der Waals surface area contributed by atoms with Crippen molar-refractivity contribution in [1.82, 2.24) is 14.7 Å². The highest BCUT2D eigenvalue weighted by Gasteiger charge is 2.50. The monoisotopic (exact) mass is 402 g/mol. The van der Waals surface area contributed by atoms with E-state index in [0.717, 1.165) is 10.6 Å². The third kappa shape index (κ3) is 3.68. The Morgan fingerprint density at radius 2 is 1.69 bits per heavy atom. The fourth-order valence-corrected chi connectivity index (χ4v) is 3.82. The van der Waals surface area contributed by atoms with Gasteiger partial charge in [0.25, 0.3) is 5.91 Å². The van der Waals surface area contributed by atoms with Gasteiger partial charge in [-0.3, -0.25) is 24.0 Å². The molecule has 156 valence electrons. The number of nitrogens with one attached hydrogen (secondary N) is 1. The molecule has 2 heterocycles. The van der Waals surface area contributed by atoms with Gasteiger partial charge in [0.2, 0.25) is 11.8 Å². The average Bonchev–Trinajstić information content (AvgIpc) is 3.08. The molecule has 29 heavy (non-hydrogen) atoms. The number of anilines is 1. The van der Waals surface area contributed by atoms with Crippen molar-refractivity contribution in [2.45, 2.75) is 52.7 Å². The maximum absolute atomic E-state index is 12.6. The minimum atomic E-state index is -1.10. The van der Waals surface area contributed by atoms with E-state index in [0.29, 0.717) is 24.2 Å². The molecule has 3 rings (SSSR count). The van der Waals surface area contributed by atoms with Gasteiger partial charge in [0, 0.05) is 7.05 Å². The van der Waals surface area contributed by atoms with Gasteiger partial charge in [-0.1, -0.05) is 12.2 Å². The van der Waals surface area contributed by atoms with Crippen molar-refractivity contribution in [3.05, 3.63) is 23.5 Å². The molecule has 1 N–H and O–H groups in total. The molecule has 9 heteroatoms. The van der Waals surface area contributed by atoms with Crippen molar-refractivity contribution in [1.29, 1.82) is 0 Å². The maximum atomic E-state index is 12.6. The molecule has 1 aliphatic heterocycles. The molecule has 4 atom stereocenters. The molecule has 0 spiro atoms. The van der Waals surface area contributed by atoms with Crippen LogP contribution in [0.2, 0.25) is 0 Å². The van der Waals surface area contributed by atoms with Crippen LogP contribution in [-0.2, 0) is 31.0 Å². The highest BCUT2D eigenvalue weighted by atomic mass is 16.5. The van der Waals surface area contributed by atoms with Gasteiger partial charge in [-0.25, -0.2) is 4.79 Å². The minimum Gasteiger partial charge on any atom is -0.451 e. The summed E-state index contributed by atoms with van der Waals surface area (Å²) in [5.74, 6) is -2.85. The predicted octanol–water partition coefficient (Wildman–Crippen LogP) is 1.25. The standard InChI is InChI=1S/C20H26N4O5/c1-10-16(11(2)23(5)22-10)21-17(25)13(4)29-20(28)12(3)24-18(26)14-8-6-7-9-15(14)19(24)27/h6-7,12-15H,8-9H2,1-5H3,(H,21,25)/t12-,13-,14-,15+/m0/s1. The zero-order valence-corrected chi connectivity index (χ0v) is 17.3. The van der Waals surface area contributed by atoms with Crippen molar-refractivity contribution in [2.24, 2.45) is 18.9 Å². The molecule has 1 aliphatic carbocycles. The van der Waals surface area contributed by atoms with Gasteiger partial charge in [0.15, 0.2) is 6.10 Å². The van der Waals surface area contributed by atoms with E-state index >= 15 is 0 Å². The second-order valence-corrected chi connectivity index (χ2v) is 7.62. The lowest BCUT2D eigenvalue weighted by molar-refractivity contribution is -0.163. The molecular formula is C20H26N4O5. The smallest absolute Gasteiger partial charge is 0.329 e. The average molecular weight is 402 g/mol. The number of nitrogens with zero attached hydrogens (tertiary/aromatic N) is 3. The second-order valence-electron chi connectivity index (χ2n) is 7.62. The third-order valence-corrected chi connectivity index (χ3v) is 5.69. The Morgan fingerprint density at radius 1 is 1.14 bits per heavy atom. The quantitative estimate of drug-likeness (QED) is 0.451. The number of aryl methyl sites for hydroxylation is 2. The Hall–Kier alpha value is -2.97. The molecule has 0 radical (unpaired) electrons. The summed E-state index contributed by atoms with van der Waals surface area (Å²) in [7, 11) is 1.76. The van der Waals surface area contributed by atoms with Crippen LogP contribution in [0.25, 0.3) is 0 Å². The molecular weight excluding hydrogens is 376 g/mol. The van der Waals surface area contributed by atoms with Crippen LogP contribution in [0.5, 0.6) is 0 Å². The number of likely N-dealkylation sites (tertiary alicyclic amines) is 1. The number of aromatic nitrogens is 2. The van der Waals surface area contributed by atoms with Crippen LogP contribution in [0.1, 0.15) is 38.1 Å². The number of rotatable bonds is 5. The van der Waals surface area contributed by atoms with E-state index in [1.54, 1.807) is 18.7 Å². The highest BCUT2D eigenvalue weighted by molar-refractivity contribution is 6.08. The number of hydrogen-bond acceptors (Lipinski definition) is 6. The summed E-state index contributed by atoms with van der Waals surface area (Å²) in [4.78, 5) is 51.2. The molecule has 0 aromatic carbocycles. The van der Waals surface area contributed by atoms with Gasteiger partial charge in [-0.15, -0.1) is 0 Å². The number of carbonyl (C=O) groups is 4. The molecule has 1 aromatic rings. The number of ether oxygens (including phenoxy) is 1. The number of amides is 3. The summed E-state index contributed by atoms with van der Waals surface area (Å²) in [5.41, 5.74) is 1.98. The summed E-state index contributed by atoms with van der Waals surface area (Å²) in [5, 5.41) is 6.94. The molecule has 1 aromatic heterocycles. The normalized spacial score (nSPS) is 23.0. The van der Waals surface area contributed by atoms with Crippen LogP contribution < -0.4 is 5.32 Å². The number of esters is 1. The van der Waals surface area contributed by atoms with Crippen molar-refractivity contribution in [3.63, 3.8) is 0 Å². The first-order valence-corrected chi connectivity index (χ1v) is 9.67. The van der Waals surface area contributed by atoms with Gasteiger partial charge in [-0.05, 0) is 40.5 Å². The van der Waals surface area contributed by atoms with Gasteiger partial charge < -0.3 is 10.1 Å². The lowest BCUT2D eigenvalue weighted by atomic mass is 9.85. The van der Waals surface area contributed by atoms with Crippen LogP contribution in [0.3, 0.4) is 0 Å². The van der Waals surface area contributed by atoms with E-state index < -0.39 is 35.9 Å². The first-order chi connectivity index (χ1) is 13.6. The van der Waals surface area contributed by atoms with Gasteiger partial charge in [0.1, 0.15) is 6.04 Å². The van der Waals surface area contributed by atoms with Crippen LogP contribution in [0.15, 0.2) is 12.2 Å². The van der Waals surface area contributed by atoms with Crippen LogP contribution in [0, 0.1) is 25.7 Å². The van der Waals surface area contributed by atoms with E-state index in [4.69, 9.17) is 4.74 Å². The van der Waals surface area contributed by atoms with Crippen molar-refractivity contribution >= 4 is 29.4 Å². The minimum absolute atomic E-state index is 0.354. The van der Waals surface area contributed by atoms with Crippen LogP contribution in [0.4, 0.5) is 5.69 Å². The lowest BCUT2D eigenvalue weighted by Gasteiger charge is -2.23. The Morgan fingerprint density at radius 3 is 2.17 bits per heavy atom. The number of hydrogen-bond donors (Lipinski definition) is 1.